The van der Waals surface area contributed by atoms with E-state index in [9.17, 15) is 9.59 Å². The third-order valence-electron chi connectivity index (χ3n) is 1.84. The van der Waals surface area contributed by atoms with E-state index in [0.717, 1.165) is 0 Å². The molecule has 2 amide bonds. The Morgan fingerprint density at radius 3 is 2.83 bits per heavy atom. The van der Waals surface area contributed by atoms with Gasteiger partial charge in [0.2, 0.25) is 5.91 Å². The molecule has 1 aromatic heterocycles. The van der Waals surface area contributed by atoms with E-state index in [1.54, 1.807) is 0 Å². The average Bonchev–Trinajstić information content (AvgIpc) is 2.31. The van der Waals surface area contributed by atoms with Crippen LogP contribution in [-0.2, 0) is 9.53 Å². The van der Waals surface area contributed by atoms with Crippen LogP contribution < -0.4 is 11.1 Å². The second-order valence-electron chi connectivity index (χ2n) is 3.26. The van der Waals surface area contributed by atoms with Crippen LogP contribution in [0, 0.1) is 0 Å². The summed E-state index contributed by atoms with van der Waals surface area (Å²) in [5.74, 6) is -0.961. The van der Waals surface area contributed by atoms with E-state index in [4.69, 9.17) is 33.7 Å². The van der Waals surface area contributed by atoms with Gasteiger partial charge in [-0.15, -0.1) is 0 Å². The third-order valence-corrected chi connectivity index (χ3v) is 2.35. The number of carbonyl (C=O) groups excluding carboxylic acids is 2. The molecule has 6 nitrogen and oxygen atoms in total. The summed E-state index contributed by atoms with van der Waals surface area (Å²) in [4.78, 5) is 25.8. The topological polar surface area (TPSA) is 94.3 Å². The maximum Gasteiger partial charge on any atom is 0.253 e. The number of rotatable bonds is 6. The van der Waals surface area contributed by atoms with Gasteiger partial charge in [-0.2, -0.15) is 0 Å². The Morgan fingerprint density at radius 1 is 1.44 bits per heavy atom. The van der Waals surface area contributed by atoms with Crippen molar-refractivity contribution in [3.05, 3.63) is 28.0 Å². The zero-order chi connectivity index (χ0) is 13.5. The van der Waals surface area contributed by atoms with Crippen LogP contribution in [-0.4, -0.2) is 36.6 Å². The summed E-state index contributed by atoms with van der Waals surface area (Å²) < 4.78 is 4.87. The van der Waals surface area contributed by atoms with E-state index < -0.39 is 11.8 Å². The number of nitrogens with one attached hydrogen (secondary N) is 1. The number of hydrogen-bond donors (Lipinski definition) is 2. The van der Waals surface area contributed by atoms with Crippen molar-refractivity contribution < 1.29 is 14.3 Å². The van der Waals surface area contributed by atoms with Crippen molar-refractivity contribution in [3.8, 4) is 0 Å². The maximum atomic E-state index is 11.7. The second kappa shape index (κ2) is 7.15. The third kappa shape index (κ3) is 4.87. The Hall–Kier alpha value is -1.37. The molecule has 0 aliphatic carbocycles. The number of amides is 2. The quantitative estimate of drug-likeness (QED) is 0.593. The highest BCUT2D eigenvalue weighted by Gasteiger charge is 2.11. The smallest absolute Gasteiger partial charge is 0.253 e. The zero-order valence-corrected chi connectivity index (χ0v) is 10.8. The molecule has 18 heavy (non-hydrogen) atoms. The minimum absolute atomic E-state index is 0.172. The lowest BCUT2D eigenvalue weighted by Gasteiger charge is -2.06. The second-order valence-corrected chi connectivity index (χ2v) is 4.06. The molecule has 0 spiro atoms. The first kappa shape index (κ1) is 14.7. The zero-order valence-electron chi connectivity index (χ0n) is 9.28. The van der Waals surface area contributed by atoms with Crippen LogP contribution in [0.5, 0.6) is 0 Å². The van der Waals surface area contributed by atoms with E-state index >= 15 is 0 Å². The standard InChI is InChI=1S/C10H11Cl2N3O3/c11-7-4-15-8(12)3-6(7)10(17)14-1-2-18-5-9(13)16/h3-4H,1-2,5H2,(H2,13,16)(H,14,17). The first-order valence-corrected chi connectivity index (χ1v) is 5.71. The van der Waals surface area contributed by atoms with Crippen LogP contribution in [0.25, 0.3) is 0 Å². The van der Waals surface area contributed by atoms with E-state index in [-0.39, 0.29) is 35.5 Å². The van der Waals surface area contributed by atoms with Crippen LogP contribution >= 0.6 is 23.2 Å². The fraction of sp³-hybridized carbons (Fsp3) is 0.300. The van der Waals surface area contributed by atoms with E-state index in [1.165, 1.54) is 12.3 Å². The van der Waals surface area contributed by atoms with Crippen molar-refractivity contribution in [2.24, 2.45) is 5.73 Å². The molecule has 0 saturated heterocycles. The number of halogens is 2. The number of carbonyl (C=O) groups is 2. The van der Waals surface area contributed by atoms with Crippen LogP contribution in [0.3, 0.4) is 0 Å². The molecule has 0 fully saturated rings. The van der Waals surface area contributed by atoms with Gasteiger partial charge < -0.3 is 15.8 Å². The molecule has 98 valence electrons. The number of aromatic nitrogens is 1. The largest absolute Gasteiger partial charge is 0.370 e. The van der Waals surface area contributed by atoms with Crippen LogP contribution in [0.1, 0.15) is 10.4 Å². The summed E-state index contributed by atoms with van der Waals surface area (Å²) in [6.07, 6.45) is 1.29. The number of hydrogen-bond acceptors (Lipinski definition) is 4. The van der Waals surface area contributed by atoms with Crippen LogP contribution in [0.2, 0.25) is 10.2 Å². The molecule has 3 N–H and O–H groups in total. The summed E-state index contributed by atoms with van der Waals surface area (Å²) >= 11 is 11.5. The number of pyridine rings is 1. The van der Waals surface area contributed by atoms with Crippen molar-refractivity contribution in [3.63, 3.8) is 0 Å². The number of nitrogens with zero attached hydrogens (tertiary/aromatic N) is 1. The van der Waals surface area contributed by atoms with Gasteiger partial charge in [0.05, 0.1) is 17.2 Å². The molecular weight excluding hydrogens is 281 g/mol. The first-order valence-electron chi connectivity index (χ1n) is 4.96. The molecule has 0 aliphatic heterocycles. The predicted molar refractivity (Wildman–Crippen MR) is 66.6 cm³/mol. The molecule has 0 radical (unpaired) electrons. The number of primary amides is 1. The summed E-state index contributed by atoms with van der Waals surface area (Å²) in [5, 5.41) is 2.93. The highest BCUT2D eigenvalue weighted by atomic mass is 35.5. The van der Waals surface area contributed by atoms with Crippen LogP contribution in [0.4, 0.5) is 0 Å². The van der Waals surface area contributed by atoms with Crippen LogP contribution in [0.15, 0.2) is 12.3 Å². The van der Waals surface area contributed by atoms with Gasteiger partial charge in [-0.1, -0.05) is 23.2 Å². The maximum absolute atomic E-state index is 11.7. The van der Waals surface area contributed by atoms with E-state index in [0.29, 0.717) is 0 Å². The Bertz CT molecular complexity index is 454. The van der Waals surface area contributed by atoms with Gasteiger partial charge in [0.1, 0.15) is 11.8 Å². The predicted octanol–water partition coefficient (Wildman–Crippen LogP) is 0.620. The highest BCUT2D eigenvalue weighted by Crippen LogP contribution is 2.17. The Labute approximate surface area is 113 Å². The molecule has 0 aromatic carbocycles. The van der Waals surface area contributed by atoms with Crippen molar-refractivity contribution in [1.29, 1.82) is 0 Å². The molecule has 0 aliphatic rings. The van der Waals surface area contributed by atoms with Crippen molar-refractivity contribution >= 4 is 35.0 Å². The summed E-state index contributed by atoms with van der Waals surface area (Å²) in [7, 11) is 0. The van der Waals surface area contributed by atoms with E-state index in [1.807, 2.05) is 0 Å². The lowest BCUT2D eigenvalue weighted by atomic mass is 10.2. The Balaban J connectivity index is 2.41. The van der Waals surface area contributed by atoms with Gasteiger partial charge in [-0.05, 0) is 6.07 Å². The van der Waals surface area contributed by atoms with Gasteiger partial charge in [-0.25, -0.2) is 4.98 Å². The number of ether oxygens (including phenoxy) is 1. The SMILES string of the molecule is NC(=O)COCCNC(=O)c1cc(Cl)ncc1Cl. The summed E-state index contributed by atoms with van der Waals surface area (Å²) in [6.45, 7) is 0.214. The minimum atomic E-state index is -0.565. The normalized spacial score (nSPS) is 10.1. The van der Waals surface area contributed by atoms with Gasteiger partial charge in [0.15, 0.2) is 0 Å². The first-order chi connectivity index (χ1) is 8.50. The van der Waals surface area contributed by atoms with Crippen molar-refractivity contribution in [1.82, 2.24) is 10.3 Å². The molecule has 0 atom stereocenters. The molecule has 0 unspecified atom stereocenters. The van der Waals surface area contributed by atoms with E-state index in [2.05, 4.69) is 10.3 Å². The van der Waals surface area contributed by atoms with Gasteiger partial charge >= 0.3 is 0 Å². The lowest BCUT2D eigenvalue weighted by Crippen LogP contribution is -2.29. The molecule has 0 bridgehead atoms. The highest BCUT2D eigenvalue weighted by molar-refractivity contribution is 6.35. The molecular formula is C10H11Cl2N3O3. The molecule has 1 aromatic rings. The Kier molecular flexibility index (Phi) is 5.84. The Morgan fingerprint density at radius 2 is 2.17 bits per heavy atom. The molecule has 1 heterocycles. The van der Waals surface area contributed by atoms with Gasteiger partial charge in [0, 0.05) is 12.7 Å². The minimum Gasteiger partial charge on any atom is -0.370 e. The monoisotopic (exact) mass is 291 g/mol. The fourth-order valence-corrected chi connectivity index (χ4v) is 1.44. The van der Waals surface area contributed by atoms with Crippen molar-refractivity contribution in [2.45, 2.75) is 0 Å². The molecule has 1 rings (SSSR count). The number of nitrogens with two attached hydrogens (primary N) is 1. The average molecular weight is 292 g/mol. The van der Waals surface area contributed by atoms with Crippen molar-refractivity contribution in [2.75, 3.05) is 19.8 Å². The molecule has 8 heteroatoms. The van der Waals surface area contributed by atoms with Gasteiger partial charge in [0.25, 0.3) is 5.91 Å². The summed E-state index contributed by atoms with van der Waals surface area (Å²) in [6, 6.07) is 1.36. The fourth-order valence-electron chi connectivity index (χ4n) is 1.09. The summed E-state index contributed by atoms with van der Waals surface area (Å²) in [5.41, 5.74) is 5.10. The van der Waals surface area contributed by atoms with Gasteiger partial charge in [-0.3, -0.25) is 9.59 Å². The molecule has 0 saturated carbocycles. The lowest BCUT2D eigenvalue weighted by molar-refractivity contribution is -0.122.